The number of aromatic amines is 1. The molecule has 2 aromatic rings. The first-order valence-corrected chi connectivity index (χ1v) is 8.47. The summed E-state index contributed by atoms with van der Waals surface area (Å²) in [5.41, 5.74) is 3.05. The van der Waals surface area contributed by atoms with Gasteiger partial charge in [0.2, 0.25) is 0 Å². The summed E-state index contributed by atoms with van der Waals surface area (Å²) in [6.07, 6.45) is 6.06. The van der Waals surface area contributed by atoms with E-state index in [-0.39, 0.29) is 12.0 Å². The lowest BCUT2D eigenvalue weighted by Crippen LogP contribution is -2.45. The normalized spacial score (nSPS) is 20.1. The van der Waals surface area contributed by atoms with Crippen LogP contribution in [-0.4, -0.2) is 52.8 Å². The minimum Gasteiger partial charge on any atom is -0.395 e. The van der Waals surface area contributed by atoms with Gasteiger partial charge in [-0.15, -0.1) is 0 Å². The SMILES string of the molecule is OCCN1CC2(CCN(Cc3ncc[nH]3)CC2)c2ccccc21. The maximum atomic E-state index is 9.36. The van der Waals surface area contributed by atoms with Crippen LogP contribution in [0.5, 0.6) is 0 Å². The summed E-state index contributed by atoms with van der Waals surface area (Å²) in [5, 5.41) is 9.36. The number of nitrogens with zero attached hydrogens (tertiary/aromatic N) is 3. The number of benzene rings is 1. The summed E-state index contributed by atoms with van der Waals surface area (Å²) in [7, 11) is 0. The number of H-pyrrole nitrogens is 1. The molecule has 0 saturated carbocycles. The van der Waals surface area contributed by atoms with E-state index in [0.717, 1.165) is 38.5 Å². The maximum Gasteiger partial charge on any atom is 0.120 e. The number of β-amino-alcohol motifs (C(OH)–C–C–N with tert-alkyl or cyclic N) is 1. The van der Waals surface area contributed by atoms with Crippen LogP contribution in [0.25, 0.3) is 0 Å². The highest BCUT2D eigenvalue weighted by molar-refractivity contribution is 5.62. The van der Waals surface area contributed by atoms with Crippen molar-refractivity contribution in [1.82, 2.24) is 14.9 Å². The van der Waals surface area contributed by atoms with Gasteiger partial charge in [-0.1, -0.05) is 18.2 Å². The number of likely N-dealkylation sites (tertiary alicyclic amines) is 1. The predicted octanol–water partition coefficient (Wildman–Crippen LogP) is 1.76. The van der Waals surface area contributed by atoms with Crippen molar-refractivity contribution in [1.29, 1.82) is 0 Å². The largest absolute Gasteiger partial charge is 0.395 e. The fourth-order valence-electron chi connectivity index (χ4n) is 4.22. The highest BCUT2D eigenvalue weighted by Crippen LogP contribution is 2.46. The van der Waals surface area contributed by atoms with Crippen LogP contribution in [0.4, 0.5) is 5.69 Å². The Morgan fingerprint density at radius 2 is 2.04 bits per heavy atom. The molecule has 2 aliphatic heterocycles. The van der Waals surface area contributed by atoms with Gasteiger partial charge >= 0.3 is 0 Å². The summed E-state index contributed by atoms with van der Waals surface area (Å²) >= 11 is 0. The third-order valence-corrected chi connectivity index (χ3v) is 5.42. The van der Waals surface area contributed by atoms with E-state index in [2.05, 4.69) is 44.0 Å². The van der Waals surface area contributed by atoms with Crippen LogP contribution in [0.2, 0.25) is 0 Å². The molecule has 122 valence electrons. The number of hydrogen-bond donors (Lipinski definition) is 2. The smallest absolute Gasteiger partial charge is 0.120 e. The van der Waals surface area contributed by atoms with Gasteiger partial charge in [0.1, 0.15) is 5.82 Å². The molecule has 0 atom stereocenters. The summed E-state index contributed by atoms with van der Waals surface area (Å²) < 4.78 is 0. The van der Waals surface area contributed by atoms with E-state index in [1.807, 2.05) is 12.4 Å². The second kappa shape index (κ2) is 5.98. The molecule has 0 amide bonds. The highest BCUT2D eigenvalue weighted by Gasteiger charge is 2.44. The van der Waals surface area contributed by atoms with E-state index >= 15 is 0 Å². The van der Waals surface area contributed by atoms with Gasteiger partial charge in [-0.2, -0.15) is 0 Å². The number of para-hydroxylation sites is 1. The third kappa shape index (κ3) is 2.64. The molecule has 1 saturated heterocycles. The van der Waals surface area contributed by atoms with Crippen molar-refractivity contribution in [3.63, 3.8) is 0 Å². The van der Waals surface area contributed by atoms with Gasteiger partial charge < -0.3 is 15.0 Å². The monoisotopic (exact) mass is 312 g/mol. The molecular weight excluding hydrogens is 288 g/mol. The molecule has 5 nitrogen and oxygen atoms in total. The lowest BCUT2D eigenvalue weighted by atomic mass is 9.74. The fourth-order valence-corrected chi connectivity index (χ4v) is 4.22. The standard InChI is InChI=1S/C18H24N4O/c23-12-11-22-14-18(15-3-1-2-4-16(15)22)5-9-21(10-6-18)13-17-19-7-8-20-17/h1-4,7-8,23H,5-6,9-14H2,(H,19,20). The molecule has 1 aromatic carbocycles. The number of rotatable bonds is 4. The Morgan fingerprint density at radius 3 is 2.78 bits per heavy atom. The van der Waals surface area contributed by atoms with Crippen LogP contribution in [0.3, 0.4) is 0 Å². The van der Waals surface area contributed by atoms with Crippen molar-refractivity contribution < 1.29 is 5.11 Å². The molecule has 5 heteroatoms. The van der Waals surface area contributed by atoms with Crippen molar-refractivity contribution in [3.05, 3.63) is 48.0 Å². The van der Waals surface area contributed by atoms with E-state index in [0.29, 0.717) is 0 Å². The Morgan fingerprint density at radius 1 is 1.22 bits per heavy atom. The number of hydrogen-bond acceptors (Lipinski definition) is 4. The molecule has 2 N–H and O–H groups in total. The molecule has 4 rings (SSSR count). The maximum absolute atomic E-state index is 9.36. The molecule has 0 radical (unpaired) electrons. The fraction of sp³-hybridized carbons (Fsp3) is 0.500. The van der Waals surface area contributed by atoms with Crippen LogP contribution in [0.15, 0.2) is 36.7 Å². The first kappa shape index (κ1) is 14.7. The zero-order valence-electron chi connectivity index (χ0n) is 13.4. The summed E-state index contributed by atoms with van der Waals surface area (Å²) in [6, 6.07) is 8.75. The Balaban J connectivity index is 1.50. The molecule has 0 bridgehead atoms. The van der Waals surface area contributed by atoms with Crippen LogP contribution >= 0.6 is 0 Å². The number of aromatic nitrogens is 2. The first-order valence-electron chi connectivity index (χ1n) is 8.47. The minimum atomic E-state index is 0.217. The summed E-state index contributed by atoms with van der Waals surface area (Å²) in [6.45, 7) is 5.10. The molecule has 0 unspecified atom stereocenters. The quantitative estimate of drug-likeness (QED) is 0.903. The Labute approximate surface area is 137 Å². The van der Waals surface area contributed by atoms with E-state index in [9.17, 15) is 5.11 Å². The zero-order chi connectivity index (χ0) is 15.7. The molecular formula is C18H24N4O. The van der Waals surface area contributed by atoms with Gasteiger partial charge in [-0.05, 0) is 37.6 Å². The van der Waals surface area contributed by atoms with E-state index < -0.39 is 0 Å². The van der Waals surface area contributed by atoms with Gasteiger partial charge in [0.15, 0.2) is 0 Å². The number of piperidine rings is 1. The average molecular weight is 312 g/mol. The van der Waals surface area contributed by atoms with Gasteiger partial charge in [0.25, 0.3) is 0 Å². The van der Waals surface area contributed by atoms with Crippen molar-refractivity contribution in [2.24, 2.45) is 0 Å². The minimum absolute atomic E-state index is 0.217. The predicted molar refractivity (Wildman–Crippen MR) is 90.5 cm³/mol. The van der Waals surface area contributed by atoms with Gasteiger partial charge in [-0.3, -0.25) is 4.90 Å². The molecule has 3 heterocycles. The first-order chi connectivity index (χ1) is 11.3. The van der Waals surface area contributed by atoms with E-state index in [1.165, 1.54) is 24.1 Å². The number of aliphatic hydroxyl groups is 1. The summed E-state index contributed by atoms with van der Waals surface area (Å²) in [5.74, 6) is 1.05. The molecule has 0 aliphatic carbocycles. The molecule has 2 aliphatic rings. The van der Waals surface area contributed by atoms with Gasteiger partial charge in [0.05, 0.1) is 13.2 Å². The average Bonchev–Trinajstić information content (AvgIpc) is 3.19. The topological polar surface area (TPSA) is 55.4 Å². The van der Waals surface area contributed by atoms with Crippen LogP contribution in [-0.2, 0) is 12.0 Å². The molecule has 1 aromatic heterocycles. The van der Waals surface area contributed by atoms with Crippen LogP contribution < -0.4 is 4.90 Å². The number of aliphatic hydroxyl groups excluding tert-OH is 1. The molecule has 1 spiro atoms. The Hall–Kier alpha value is -1.85. The highest BCUT2D eigenvalue weighted by atomic mass is 16.3. The lowest BCUT2D eigenvalue weighted by molar-refractivity contribution is 0.156. The van der Waals surface area contributed by atoms with Gasteiger partial charge in [0, 0.05) is 36.6 Å². The number of nitrogens with one attached hydrogen (secondary N) is 1. The van der Waals surface area contributed by atoms with Crippen molar-refractivity contribution in [2.45, 2.75) is 24.8 Å². The number of fused-ring (bicyclic) bond motifs is 2. The van der Waals surface area contributed by atoms with Crippen molar-refractivity contribution >= 4 is 5.69 Å². The van der Waals surface area contributed by atoms with Crippen LogP contribution in [0, 0.1) is 0 Å². The summed E-state index contributed by atoms with van der Waals surface area (Å²) in [4.78, 5) is 12.4. The molecule has 1 fully saturated rings. The van der Waals surface area contributed by atoms with Crippen molar-refractivity contribution in [2.75, 3.05) is 37.7 Å². The van der Waals surface area contributed by atoms with Crippen LogP contribution in [0.1, 0.15) is 24.2 Å². The van der Waals surface area contributed by atoms with Gasteiger partial charge in [-0.25, -0.2) is 4.98 Å². The molecule has 23 heavy (non-hydrogen) atoms. The zero-order valence-corrected chi connectivity index (χ0v) is 13.4. The Kier molecular flexibility index (Phi) is 3.83. The second-order valence-corrected chi connectivity index (χ2v) is 6.75. The number of anilines is 1. The lowest BCUT2D eigenvalue weighted by Gasteiger charge is -2.39. The third-order valence-electron chi connectivity index (χ3n) is 5.42. The van der Waals surface area contributed by atoms with Crippen molar-refractivity contribution in [3.8, 4) is 0 Å². The number of imidazole rings is 1. The van der Waals surface area contributed by atoms with E-state index in [1.54, 1.807) is 0 Å². The second-order valence-electron chi connectivity index (χ2n) is 6.75. The Bertz CT molecular complexity index is 647. The van der Waals surface area contributed by atoms with E-state index in [4.69, 9.17) is 0 Å².